The van der Waals surface area contributed by atoms with Crippen LogP contribution >= 0.6 is 0 Å². The van der Waals surface area contributed by atoms with Gasteiger partial charge in [-0.2, -0.15) is 0 Å². The molecule has 2 fully saturated rings. The van der Waals surface area contributed by atoms with E-state index in [-0.39, 0.29) is 6.17 Å². The highest BCUT2D eigenvalue weighted by Crippen LogP contribution is 2.45. The number of likely N-dealkylation sites (tertiary alicyclic amines) is 1. The maximum atomic E-state index is 11.5. The van der Waals surface area contributed by atoms with Crippen molar-refractivity contribution < 1.29 is 9.48 Å². The molecule has 0 amide bonds. The van der Waals surface area contributed by atoms with Crippen molar-refractivity contribution in [1.82, 2.24) is 10.2 Å². The molecule has 0 aromatic heterocycles. The van der Waals surface area contributed by atoms with Crippen LogP contribution in [0, 0.1) is 10.6 Å². The van der Waals surface area contributed by atoms with Gasteiger partial charge in [0.2, 0.25) is 0 Å². The summed E-state index contributed by atoms with van der Waals surface area (Å²) in [5.74, 6) is 0. The molecule has 1 aliphatic carbocycles. The molecule has 4 rings (SSSR count). The number of rotatable bonds is 4. The third-order valence-electron chi connectivity index (χ3n) is 5.68. The van der Waals surface area contributed by atoms with Crippen LogP contribution in [0.25, 0.3) is 0 Å². The van der Waals surface area contributed by atoms with Crippen LogP contribution in [0.5, 0.6) is 0 Å². The summed E-state index contributed by atoms with van der Waals surface area (Å²) in [6.07, 6.45) is 9.35. The van der Waals surface area contributed by atoms with Crippen molar-refractivity contribution in [1.29, 1.82) is 0 Å². The van der Waals surface area contributed by atoms with Gasteiger partial charge in [-0.15, -0.1) is 0 Å². The van der Waals surface area contributed by atoms with Gasteiger partial charge in [0.25, 0.3) is 0 Å². The summed E-state index contributed by atoms with van der Waals surface area (Å²) in [5.41, 5.74) is 3.89. The lowest BCUT2D eigenvalue weighted by atomic mass is 10.0. The molecule has 3 aliphatic heterocycles. The molecule has 3 heterocycles. The Morgan fingerprint density at radius 3 is 2.83 bits per heavy atom. The molecule has 1 saturated heterocycles. The fourth-order valence-electron chi connectivity index (χ4n) is 3.75. The van der Waals surface area contributed by atoms with E-state index in [0.717, 1.165) is 48.5 Å². The maximum absolute atomic E-state index is 11.5. The van der Waals surface area contributed by atoms with Gasteiger partial charge < -0.3 is 15.3 Å². The van der Waals surface area contributed by atoms with Crippen LogP contribution in [0.2, 0.25) is 0 Å². The van der Waals surface area contributed by atoms with Crippen molar-refractivity contribution in [3.05, 3.63) is 28.1 Å². The molecule has 1 atom stereocenters. The first-order valence-corrected chi connectivity index (χ1v) is 8.85. The standard InChI is InChI=1S/C18H27N3O2/c1-13-9-14-10-21(22)11-16(14)19-17(13)20-7-3-15(4-8-20)23-12-18(2)5-6-18/h9,11,15,17,19H,3-8,10,12H2,1-2H3. The van der Waals surface area contributed by atoms with Gasteiger partial charge in [0.15, 0.2) is 12.8 Å². The van der Waals surface area contributed by atoms with E-state index in [0.29, 0.717) is 18.1 Å². The Balaban J connectivity index is 1.31. The third kappa shape index (κ3) is 3.17. The Hall–Kier alpha value is -1.33. The van der Waals surface area contributed by atoms with E-state index in [1.807, 2.05) is 0 Å². The number of hydrogen-bond acceptors (Lipinski definition) is 4. The van der Waals surface area contributed by atoms with Crippen molar-refractivity contribution in [2.75, 3.05) is 26.2 Å². The first kappa shape index (κ1) is 15.2. The summed E-state index contributed by atoms with van der Waals surface area (Å²) in [6, 6.07) is 0. The van der Waals surface area contributed by atoms with Crippen molar-refractivity contribution in [3.8, 4) is 0 Å². The second-order valence-electron chi connectivity index (χ2n) is 7.94. The van der Waals surface area contributed by atoms with Crippen LogP contribution in [0.1, 0.15) is 39.5 Å². The average molecular weight is 317 g/mol. The summed E-state index contributed by atoms with van der Waals surface area (Å²) in [5, 5.41) is 15.1. The lowest BCUT2D eigenvalue weighted by Gasteiger charge is -2.39. The highest BCUT2D eigenvalue weighted by Gasteiger charge is 2.38. The van der Waals surface area contributed by atoms with Gasteiger partial charge in [-0.3, -0.25) is 4.90 Å². The summed E-state index contributed by atoms with van der Waals surface area (Å²) in [6.45, 7) is 7.99. The van der Waals surface area contributed by atoms with Crippen LogP contribution < -0.4 is 5.32 Å². The first-order chi connectivity index (χ1) is 11.0. The number of allylic oxidation sites excluding steroid dienone is 1. The zero-order chi connectivity index (χ0) is 16.0. The minimum atomic E-state index is 0.221. The molecular weight excluding hydrogens is 290 g/mol. The summed E-state index contributed by atoms with van der Waals surface area (Å²) in [4.78, 5) is 2.48. The molecule has 0 spiro atoms. The Morgan fingerprint density at radius 1 is 1.39 bits per heavy atom. The van der Waals surface area contributed by atoms with Gasteiger partial charge >= 0.3 is 0 Å². The molecule has 0 aromatic rings. The largest absolute Gasteiger partial charge is 0.623 e. The first-order valence-electron chi connectivity index (χ1n) is 8.85. The predicted molar refractivity (Wildman–Crippen MR) is 90.2 cm³/mol. The van der Waals surface area contributed by atoms with Crippen molar-refractivity contribution in [2.24, 2.45) is 5.41 Å². The van der Waals surface area contributed by atoms with Crippen LogP contribution in [0.3, 0.4) is 0 Å². The molecule has 0 aromatic carbocycles. The summed E-state index contributed by atoms with van der Waals surface area (Å²) < 4.78 is 7.13. The smallest absolute Gasteiger partial charge is 0.198 e. The summed E-state index contributed by atoms with van der Waals surface area (Å²) >= 11 is 0. The predicted octanol–water partition coefficient (Wildman–Crippen LogP) is 1.99. The molecule has 1 unspecified atom stereocenters. The molecule has 4 aliphatic rings. The lowest BCUT2D eigenvalue weighted by molar-refractivity contribution is -0.438. The molecule has 0 radical (unpaired) electrons. The highest BCUT2D eigenvalue weighted by atomic mass is 16.5. The van der Waals surface area contributed by atoms with E-state index in [4.69, 9.17) is 4.74 Å². The van der Waals surface area contributed by atoms with E-state index in [2.05, 4.69) is 30.1 Å². The van der Waals surface area contributed by atoms with Crippen LogP contribution in [-0.4, -0.2) is 54.4 Å². The van der Waals surface area contributed by atoms with Crippen molar-refractivity contribution in [3.63, 3.8) is 0 Å². The minimum absolute atomic E-state index is 0.221. The Labute approximate surface area is 138 Å². The highest BCUT2D eigenvalue weighted by molar-refractivity contribution is 5.79. The van der Waals surface area contributed by atoms with E-state index in [9.17, 15) is 5.21 Å². The molecule has 23 heavy (non-hydrogen) atoms. The van der Waals surface area contributed by atoms with Crippen molar-refractivity contribution >= 4 is 6.21 Å². The number of nitrogens with zero attached hydrogens (tertiary/aromatic N) is 2. The normalized spacial score (nSPS) is 30.6. The molecule has 5 nitrogen and oxygen atoms in total. The van der Waals surface area contributed by atoms with Gasteiger partial charge in [0, 0.05) is 18.7 Å². The molecule has 1 N–H and O–H groups in total. The number of piperidine rings is 1. The SMILES string of the molecule is CC1=CC2=C(C=[N+]([O-])C2)NC1N1CCC(OCC2(C)CC2)CC1. The lowest BCUT2D eigenvalue weighted by Crippen LogP contribution is -2.51. The fourth-order valence-corrected chi connectivity index (χ4v) is 3.75. The zero-order valence-corrected chi connectivity index (χ0v) is 14.2. The molecule has 126 valence electrons. The van der Waals surface area contributed by atoms with Gasteiger partial charge in [0.05, 0.1) is 12.7 Å². The molecular formula is C18H27N3O2. The monoisotopic (exact) mass is 317 g/mol. The average Bonchev–Trinajstić information content (AvgIpc) is 3.15. The number of nitrogens with one attached hydrogen (secondary N) is 1. The van der Waals surface area contributed by atoms with Gasteiger partial charge in [-0.05, 0) is 49.7 Å². The van der Waals surface area contributed by atoms with Crippen LogP contribution in [0.4, 0.5) is 0 Å². The van der Waals surface area contributed by atoms with E-state index in [1.54, 1.807) is 6.21 Å². The minimum Gasteiger partial charge on any atom is -0.623 e. The second-order valence-corrected chi connectivity index (χ2v) is 7.94. The topological polar surface area (TPSA) is 50.6 Å². The van der Waals surface area contributed by atoms with Crippen molar-refractivity contribution in [2.45, 2.75) is 51.8 Å². The maximum Gasteiger partial charge on any atom is 0.198 e. The molecule has 1 saturated carbocycles. The number of dihydropyridines is 1. The Bertz CT molecular complexity index is 581. The number of hydrogen-bond donors (Lipinski definition) is 1. The van der Waals surface area contributed by atoms with E-state index >= 15 is 0 Å². The quantitative estimate of drug-likeness (QED) is 0.636. The fraction of sp³-hybridized carbons (Fsp3) is 0.722. The number of hydroxylamine groups is 1. The van der Waals surface area contributed by atoms with E-state index in [1.165, 1.54) is 18.4 Å². The second kappa shape index (κ2) is 5.64. The Morgan fingerprint density at radius 2 is 2.13 bits per heavy atom. The number of ether oxygens (including phenoxy) is 1. The van der Waals surface area contributed by atoms with Gasteiger partial charge in [0.1, 0.15) is 11.9 Å². The van der Waals surface area contributed by atoms with Crippen LogP contribution in [-0.2, 0) is 4.74 Å². The van der Waals surface area contributed by atoms with Gasteiger partial charge in [-0.1, -0.05) is 6.92 Å². The molecule has 5 heteroatoms. The Kier molecular flexibility index (Phi) is 3.73. The summed E-state index contributed by atoms with van der Waals surface area (Å²) in [7, 11) is 0. The van der Waals surface area contributed by atoms with Crippen LogP contribution in [0.15, 0.2) is 22.9 Å². The zero-order valence-electron chi connectivity index (χ0n) is 14.2. The molecule has 0 bridgehead atoms. The third-order valence-corrected chi connectivity index (χ3v) is 5.68. The van der Waals surface area contributed by atoms with Gasteiger partial charge in [-0.25, -0.2) is 4.74 Å². The van der Waals surface area contributed by atoms with E-state index < -0.39 is 0 Å².